The van der Waals surface area contributed by atoms with Gasteiger partial charge in [0, 0.05) is 6.42 Å². The van der Waals surface area contributed by atoms with Crippen LogP contribution in [0.25, 0.3) is 0 Å². The van der Waals surface area contributed by atoms with Crippen LogP contribution in [0.4, 0.5) is 0 Å². The molecule has 0 fully saturated rings. The molecule has 7 heteroatoms. The first-order chi connectivity index (χ1) is 6.93. The van der Waals surface area contributed by atoms with Crippen LogP contribution in [0.1, 0.15) is 6.42 Å². The summed E-state index contributed by atoms with van der Waals surface area (Å²) >= 11 is 0. The Labute approximate surface area is 86.1 Å². The van der Waals surface area contributed by atoms with E-state index in [1.54, 1.807) is 0 Å². The van der Waals surface area contributed by atoms with Crippen LogP contribution in [0, 0.1) is 5.92 Å². The molecule has 6 N–H and O–H groups in total. The van der Waals surface area contributed by atoms with Crippen molar-refractivity contribution < 1.29 is 30.0 Å². The summed E-state index contributed by atoms with van der Waals surface area (Å²) in [5, 5.41) is 36.1. The zero-order valence-electron chi connectivity index (χ0n) is 7.98. The van der Waals surface area contributed by atoms with Gasteiger partial charge < -0.3 is 31.0 Å². The van der Waals surface area contributed by atoms with Crippen molar-refractivity contribution in [3.8, 4) is 0 Å². The average molecular weight is 221 g/mol. The topological polar surface area (TPSA) is 141 Å². The maximum atomic E-state index is 10.5. The zero-order chi connectivity index (χ0) is 12.0. The molecule has 0 saturated carbocycles. The van der Waals surface area contributed by atoms with Gasteiger partial charge in [-0.1, -0.05) is 0 Å². The predicted molar refractivity (Wildman–Crippen MR) is 48.5 cm³/mol. The van der Waals surface area contributed by atoms with Crippen LogP contribution in [-0.4, -0.2) is 57.5 Å². The van der Waals surface area contributed by atoms with Gasteiger partial charge in [-0.15, -0.1) is 0 Å². The molecular formula is C8H15NO6. The third-order valence-electron chi connectivity index (χ3n) is 1.98. The van der Waals surface area contributed by atoms with Crippen molar-refractivity contribution in [3.63, 3.8) is 0 Å². The van der Waals surface area contributed by atoms with Gasteiger partial charge in [-0.05, 0) is 0 Å². The SMILES string of the molecule is NC(=O)C[C@H](C=O)[C@@H](O)[C@H](O)[C@H](O)CO. The monoisotopic (exact) mass is 221 g/mol. The number of aldehydes is 1. The number of carbonyl (C=O) groups excluding carboxylic acids is 2. The second-order valence-corrected chi connectivity index (χ2v) is 3.20. The molecule has 0 aliphatic rings. The molecule has 0 spiro atoms. The molecule has 7 nitrogen and oxygen atoms in total. The van der Waals surface area contributed by atoms with Crippen molar-refractivity contribution in [2.24, 2.45) is 11.7 Å². The van der Waals surface area contributed by atoms with Crippen LogP contribution in [0.3, 0.4) is 0 Å². The van der Waals surface area contributed by atoms with E-state index in [1.165, 1.54) is 0 Å². The maximum absolute atomic E-state index is 10.5. The van der Waals surface area contributed by atoms with Gasteiger partial charge in [0.05, 0.1) is 18.6 Å². The highest BCUT2D eigenvalue weighted by Crippen LogP contribution is 2.12. The minimum atomic E-state index is -1.70. The van der Waals surface area contributed by atoms with Crippen molar-refractivity contribution in [1.82, 2.24) is 0 Å². The minimum absolute atomic E-state index is 0.267. The van der Waals surface area contributed by atoms with Crippen LogP contribution < -0.4 is 5.73 Å². The predicted octanol–water partition coefficient (Wildman–Crippen LogP) is -3.25. The minimum Gasteiger partial charge on any atom is -0.394 e. The highest BCUT2D eigenvalue weighted by molar-refractivity contribution is 5.77. The van der Waals surface area contributed by atoms with E-state index in [0.29, 0.717) is 0 Å². The molecule has 1 amide bonds. The summed E-state index contributed by atoms with van der Waals surface area (Å²) in [6, 6.07) is 0. The molecule has 0 bridgehead atoms. The Morgan fingerprint density at radius 3 is 2.13 bits per heavy atom. The van der Waals surface area contributed by atoms with E-state index in [9.17, 15) is 19.8 Å². The Morgan fingerprint density at radius 1 is 1.27 bits per heavy atom. The van der Waals surface area contributed by atoms with E-state index >= 15 is 0 Å². The van der Waals surface area contributed by atoms with E-state index in [2.05, 4.69) is 0 Å². The third kappa shape index (κ3) is 4.34. The zero-order valence-corrected chi connectivity index (χ0v) is 7.98. The highest BCUT2D eigenvalue weighted by atomic mass is 16.4. The van der Waals surface area contributed by atoms with Crippen LogP contribution in [0.5, 0.6) is 0 Å². The molecule has 88 valence electrons. The number of rotatable bonds is 7. The molecule has 0 aromatic rings. The molecule has 0 aromatic carbocycles. The van der Waals surface area contributed by atoms with Gasteiger partial charge in [0.15, 0.2) is 0 Å². The first kappa shape index (κ1) is 14.0. The normalized spacial score (nSPS) is 18.9. The van der Waals surface area contributed by atoms with Crippen molar-refractivity contribution in [2.45, 2.75) is 24.7 Å². The van der Waals surface area contributed by atoms with Crippen molar-refractivity contribution in [1.29, 1.82) is 0 Å². The smallest absolute Gasteiger partial charge is 0.218 e. The lowest BCUT2D eigenvalue weighted by atomic mass is 9.93. The van der Waals surface area contributed by atoms with E-state index < -0.39 is 43.2 Å². The molecule has 0 aromatic heterocycles. The lowest BCUT2D eigenvalue weighted by Crippen LogP contribution is -2.44. The molecule has 0 heterocycles. The van der Waals surface area contributed by atoms with Gasteiger partial charge >= 0.3 is 0 Å². The fraction of sp³-hybridized carbons (Fsp3) is 0.750. The number of nitrogens with two attached hydrogens (primary N) is 1. The van der Waals surface area contributed by atoms with Crippen molar-refractivity contribution >= 4 is 12.2 Å². The van der Waals surface area contributed by atoms with Gasteiger partial charge in [-0.25, -0.2) is 0 Å². The van der Waals surface area contributed by atoms with Crippen molar-refractivity contribution in [3.05, 3.63) is 0 Å². The lowest BCUT2D eigenvalue weighted by molar-refractivity contribution is -0.132. The number of aliphatic hydroxyl groups excluding tert-OH is 4. The summed E-state index contributed by atoms with van der Waals surface area (Å²) < 4.78 is 0. The highest BCUT2D eigenvalue weighted by Gasteiger charge is 2.31. The Morgan fingerprint density at radius 2 is 1.80 bits per heavy atom. The van der Waals surface area contributed by atoms with E-state index in [0.717, 1.165) is 0 Å². The summed E-state index contributed by atoms with van der Waals surface area (Å²) in [4.78, 5) is 21.0. The molecule has 0 unspecified atom stereocenters. The number of carbonyl (C=O) groups is 2. The molecule has 4 atom stereocenters. The number of hydrogen-bond acceptors (Lipinski definition) is 6. The Hall–Kier alpha value is -1.02. The Kier molecular flexibility index (Phi) is 6.02. The summed E-state index contributed by atoms with van der Waals surface area (Å²) in [5.41, 5.74) is 4.81. The number of aliphatic hydroxyl groups is 4. The van der Waals surface area contributed by atoms with Gasteiger partial charge in [-0.2, -0.15) is 0 Å². The lowest BCUT2D eigenvalue weighted by Gasteiger charge is -2.24. The molecule has 0 rings (SSSR count). The average Bonchev–Trinajstić information content (AvgIpc) is 2.22. The largest absolute Gasteiger partial charge is 0.394 e. The molecular weight excluding hydrogens is 206 g/mol. The molecule has 0 saturated heterocycles. The van der Waals surface area contributed by atoms with Gasteiger partial charge in [0.25, 0.3) is 0 Å². The van der Waals surface area contributed by atoms with E-state index in [4.69, 9.17) is 15.9 Å². The third-order valence-corrected chi connectivity index (χ3v) is 1.98. The van der Waals surface area contributed by atoms with Crippen LogP contribution in [0.2, 0.25) is 0 Å². The molecule has 15 heavy (non-hydrogen) atoms. The Bertz CT molecular complexity index is 221. The van der Waals surface area contributed by atoms with E-state index in [-0.39, 0.29) is 6.29 Å². The number of amides is 1. The van der Waals surface area contributed by atoms with Crippen LogP contribution >= 0.6 is 0 Å². The fourth-order valence-corrected chi connectivity index (χ4v) is 1.07. The van der Waals surface area contributed by atoms with Gasteiger partial charge in [-0.3, -0.25) is 4.79 Å². The molecule has 0 radical (unpaired) electrons. The second kappa shape index (κ2) is 6.46. The maximum Gasteiger partial charge on any atom is 0.218 e. The summed E-state index contributed by atoms with van der Waals surface area (Å²) in [5.74, 6) is -2.00. The molecule has 0 aliphatic carbocycles. The van der Waals surface area contributed by atoms with Crippen molar-refractivity contribution in [2.75, 3.05) is 6.61 Å². The standard InChI is InChI=1S/C8H15NO6/c9-6(13)1-4(2-10)7(14)8(15)5(12)3-11/h2,4-5,7-8,11-12,14-15H,1,3H2,(H2,9,13)/t4-,5-,7-,8-/m1/s1. The quantitative estimate of drug-likeness (QED) is 0.286. The molecule has 0 aliphatic heterocycles. The first-order valence-corrected chi connectivity index (χ1v) is 4.32. The number of hydrogen-bond donors (Lipinski definition) is 5. The van der Waals surface area contributed by atoms with Gasteiger partial charge in [0.2, 0.25) is 5.91 Å². The summed E-state index contributed by atoms with van der Waals surface area (Å²) in [6.45, 7) is -0.764. The van der Waals surface area contributed by atoms with Gasteiger partial charge in [0.1, 0.15) is 18.5 Å². The summed E-state index contributed by atoms with van der Waals surface area (Å²) in [7, 11) is 0. The van der Waals surface area contributed by atoms with E-state index in [1.807, 2.05) is 0 Å². The summed E-state index contributed by atoms with van der Waals surface area (Å²) in [6.07, 6.45) is -5.08. The fourth-order valence-electron chi connectivity index (χ4n) is 1.07. The first-order valence-electron chi connectivity index (χ1n) is 4.32. The number of primary amides is 1. The van der Waals surface area contributed by atoms with Crippen LogP contribution in [0.15, 0.2) is 0 Å². The second-order valence-electron chi connectivity index (χ2n) is 3.20. The Balaban J connectivity index is 4.42. The van der Waals surface area contributed by atoms with Crippen LogP contribution in [-0.2, 0) is 9.59 Å².